The fourth-order valence-electron chi connectivity index (χ4n) is 5.83. The van der Waals surface area contributed by atoms with Crippen LogP contribution in [0.3, 0.4) is 0 Å². The third-order valence-electron chi connectivity index (χ3n) is 8.87. The summed E-state index contributed by atoms with van der Waals surface area (Å²) >= 11 is 0. The number of benzene rings is 2. The first kappa shape index (κ1) is 38.2. The topological polar surface area (TPSA) is 135 Å². The first-order valence-electron chi connectivity index (χ1n) is 17.1. The molecule has 47 heavy (non-hydrogen) atoms. The first-order chi connectivity index (χ1) is 22.5. The van der Waals surface area contributed by atoms with Crippen LogP contribution in [-0.4, -0.2) is 49.4 Å². The van der Waals surface area contributed by atoms with Crippen LogP contribution < -0.4 is 21.0 Å². The van der Waals surface area contributed by atoms with Crippen molar-refractivity contribution in [3.05, 3.63) is 71.8 Å². The molecule has 3 rings (SSSR count). The highest BCUT2D eigenvalue weighted by atomic mass is 31.2. The highest BCUT2D eigenvalue weighted by molar-refractivity contribution is 7.57. The van der Waals surface area contributed by atoms with Gasteiger partial charge in [-0.05, 0) is 41.7 Å². The molecule has 1 aliphatic rings. The molecule has 5 atom stereocenters. The maximum atomic E-state index is 14.8. The lowest BCUT2D eigenvalue weighted by atomic mass is 9.87. The molecule has 1 saturated carbocycles. The summed E-state index contributed by atoms with van der Waals surface area (Å²) in [6, 6.07) is 16.9. The molecule has 1 aliphatic carbocycles. The number of nitrogens with one attached hydrogen (secondary N) is 4. The van der Waals surface area contributed by atoms with Gasteiger partial charge in [-0.15, -0.1) is 0 Å². The summed E-state index contributed by atoms with van der Waals surface area (Å²) in [5.74, 6) is -1.33. The van der Waals surface area contributed by atoms with E-state index in [-0.39, 0.29) is 36.7 Å². The summed E-state index contributed by atoms with van der Waals surface area (Å²) in [5, 5.41) is 11.8. The monoisotopic (exact) mass is 670 g/mol. The lowest BCUT2D eigenvalue weighted by molar-refractivity contribution is -0.131. The van der Waals surface area contributed by atoms with Crippen LogP contribution in [0.15, 0.2) is 60.7 Å². The quantitative estimate of drug-likeness (QED) is 0.132. The Morgan fingerprint density at radius 3 is 2.06 bits per heavy atom. The molecular weight excluding hydrogens is 615 g/mol. The number of alkyl carbamates (subject to hydrolysis) is 1. The van der Waals surface area contributed by atoms with Crippen LogP contribution >= 0.6 is 7.52 Å². The average molecular weight is 671 g/mol. The Morgan fingerprint density at radius 1 is 0.872 bits per heavy atom. The number of hydrogen-bond donors (Lipinski definition) is 4. The molecule has 2 aromatic rings. The Kier molecular flexibility index (Phi) is 15.9. The zero-order valence-electron chi connectivity index (χ0n) is 28.7. The van der Waals surface area contributed by atoms with E-state index in [4.69, 9.17) is 9.26 Å². The molecule has 0 aliphatic heterocycles. The van der Waals surface area contributed by atoms with E-state index < -0.39 is 37.4 Å². The van der Waals surface area contributed by atoms with Gasteiger partial charge in [0.15, 0.2) is 0 Å². The molecule has 3 amide bonds. The van der Waals surface area contributed by atoms with Gasteiger partial charge in [0, 0.05) is 13.7 Å². The highest BCUT2D eigenvalue weighted by Gasteiger charge is 2.41. The lowest BCUT2D eigenvalue weighted by Crippen LogP contribution is -2.56. The van der Waals surface area contributed by atoms with Crippen molar-refractivity contribution in [2.45, 2.75) is 104 Å². The van der Waals surface area contributed by atoms with Gasteiger partial charge in [0.05, 0.1) is 6.04 Å². The fourth-order valence-corrected chi connectivity index (χ4v) is 7.86. The third kappa shape index (κ3) is 12.7. The Balaban J connectivity index is 1.88. The predicted octanol–water partition coefficient (Wildman–Crippen LogP) is 6.55. The minimum absolute atomic E-state index is 0.0580. The van der Waals surface area contributed by atoms with E-state index >= 15 is 0 Å². The molecule has 2 unspecified atom stereocenters. The summed E-state index contributed by atoms with van der Waals surface area (Å²) < 4.78 is 26.0. The standard InChI is InChI=1S/C36H55N4O6P/c1-6-27(4)33(35(42)37-24-26(2)3)39-34(41)31(22-28-16-10-7-11-17-28)40-47(44,45-5)32(23-29-18-12-8-13-19-29)38-36(43)46-25-30-20-14-9-15-21-30/h7,9-11,14-17,20-21,26-27,29,31-33H,6,8,12-13,18-19,22-25H2,1-5H3,(H,37,42)(H,38,43)(H,39,41)(H,40,44)/t27-,31+,32?,33-,47?/m0/s1. The molecule has 0 heterocycles. The third-order valence-corrected chi connectivity index (χ3v) is 11.2. The molecule has 11 heteroatoms. The van der Waals surface area contributed by atoms with Crippen molar-refractivity contribution in [3.63, 3.8) is 0 Å². The summed E-state index contributed by atoms with van der Waals surface area (Å²) in [6.45, 7) is 8.45. The fraction of sp³-hybridized carbons (Fsp3) is 0.583. The smallest absolute Gasteiger partial charge is 0.408 e. The van der Waals surface area contributed by atoms with Crippen LogP contribution in [0.4, 0.5) is 4.79 Å². The molecule has 260 valence electrons. The summed E-state index contributed by atoms with van der Waals surface area (Å²) in [4.78, 5) is 40.4. The second-order valence-corrected chi connectivity index (χ2v) is 15.6. The van der Waals surface area contributed by atoms with Crippen molar-refractivity contribution in [2.24, 2.45) is 17.8 Å². The number of carbonyl (C=O) groups excluding carboxylic acids is 3. The van der Waals surface area contributed by atoms with Crippen molar-refractivity contribution in [2.75, 3.05) is 13.7 Å². The molecule has 0 radical (unpaired) electrons. The van der Waals surface area contributed by atoms with Crippen molar-refractivity contribution in [1.29, 1.82) is 0 Å². The number of amides is 3. The van der Waals surface area contributed by atoms with Gasteiger partial charge in [0.2, 0.25) is 11.8 Å². The van der Waals surface area contributed by atoms with Crippen molar-refractivity contribution >= 4 is 25.4 Å². The zero-order valence-corrected chi connectivity index (χ0v) is 29.6. The summed E-state index contributed by atoms with van der Waals surface area (Å²) in [6.07, 6.45) is 5.75. The number of hydrogen-bond acceptors (Lipinski definition) is 6. The minimum atomic E-state index is -3.92. The number of carbonyl (C=O) groups is 3. The second-order valence-electron chi connectivity index (χ2n) is 13.1. The van der Waals surface area contributed by atoms with Gasteiger partial charge < -0.3 is 25.2 Å². The molecule has 0 aromatic heterocycles. The van der Waals surface area contributed by atoms with E-state index in [0.717, 1.165) is 43.2 Å². The van der Waals surface area contributed by atoms with Crippen molar-refractivity contribution in [3.8, 4) is 0 Å². The van der Waals surface area contributed by atoms with Gasteiger partial charge in [0.1, 0.15) is 18.4 Å². The molecule has 10 nitrogen and oxygen atoms in total. The first-order valence-corrected chi connectivity index (χ1v) is 18.8. The summed E-state index contributed by atoms with van der Waals surface area (Å²) in [7, 11) is -2.59. The van der Waals surface area contributed by atoms with Crippen LogP contribution in [0, 0.1) is 17.8 Å². The van der Waals surface area contributed by atoms with Gasteiger partial charge in [-0.2, -0.15) is 0 Å². The molecule has 0 spiro atoms. The van der Waals surface area contributed by atoms with Gasteiger partial charge in [-0.3, -0.25) is 14.2 Å². The lowest BCUT2D eigenvalue weighted by Gasteiger charge is -2.34. The van der Waals surface area contributed by atoms with E-state index in [2.05, 4.69) is 21.0 Å². The van der Waals surface area contributed by atoms with Gasteiger partial charge in [-0.25, -0.2) is 9.88 Å². The van der Waals surface area contributed by atoms with Crippen LogP contribution in [0.1, 0.15) is 83.8 Å². The maximum absolute atomic E-state index is 14.8. The van der Waals surface area contributed by atoms with Crippen LogP contribution in [0.25, 0.3) is 0 Å². The zero-order chi connectivity index (χ0) is 34.2. The number of rotatable bonds is 18. The Hall–Kier alpha value is -3.20. The normalized spacial score (nSPS) is 17.5. The number of ether oxygens (including phenoxy) is 1. The summed E-state index contributed by atoms with van der Waals surface area (Å²) in [5.41, 5.74) is 1.67. The molecule has 0 bridgehead atoms. The van der Waals surface area contributed by atoms with E-state index in [0.29, 0.717) is 19.4 Å². The molecule has 2 aromatic carbocycles. The molecule has 1 fully saturated rings. The van der Waals surface area contributed by atoms with Crippen LogP contribution in [0.5, 0.6) is 0 Å². The maximum Gasteiger partial charge on any atom is 0.408 e. The highest BCUT2D eigenvalue weighted by Crippen LogP contribution is 2.50. The predicted molar refractivity (Wildman–Crippen MR) is 186 cm³/mol. The Morgan fingerprint density at radius 2 is 1.49 bits per heavy atom. The van der Waals surface area contributed by atoms with Crippen LogP contribution in [0.2, 0.25) is 0 Å². The van der Waals surface area contributed by atoms with E-state index in [1.807, 2.05) is 88.4 Å². The second kappa shape index (κ2) is 19.6. The SMILES string of the molecule is CC[C@H](C)[C@H](NC(=O)[C@@H](Cc1ccccc1)NP(=O)(OC)C(CC1CCCCC1)NC(=O)OCc1ccccc1)C(=O)NCC(C)C. The van der Waals surface area contributed by atoms with Crippen molar-refractivity contribution in [1.82, 2.24) is 21.0 Å². The minimum Gasteiger partial charge on any atom is -0.445 e. The van der Waals surface area contributed by atoms with Gasteiger partial charge >= 0.3 is 6.09 Å². The largest absolute Gasteiger partial charge is 0.445 e. The molecule has 4 N–H and O–H groups in total. The van der Waals surface area contributed by atoms with Gasteiger partial charge in [-0.1, -0.05) is 127 Å². The van der Waals surface area contributed by atoms with Crippen molar-refractivity contribution < 1.29 is 28.2 Å². The van der Waals surface area contributed by atoms with Gasteiger partial charge in [0.25, 0.3) is 7.52 Å². The molecule has 0 saturated heterocycles. The molecular formula is C36H55N4O6P. The van der Waals surface area contributed by atoms with E-state index in [9.17, 15) is 18.9 Å². The van der Waals surface area contributed by atoms with E-state index in [1.54, 1.807) is 0 Å². The van der Waals surface area contributed by atoms with Crippen LogP contribution in [-0.2, 0) is 36.4 Å². The Labute approximate surface area is 281 Å². The average Bonchev–Trinajstić information content (AvgIpc) is 3.08. The van der Waals surface area contributed by atoms with E-state index in [1.165, 1.54) is 7.11 Å². The Bertz CT molecular complexity index is 1290.